The maximum atomic E-state index is 12.3. The van der Waals surface area contributed by atoms with Gasteiger partial charge in [-0.15, -0.1) is 6.42 Å². The summed E-state index contributed by atoms with van der Waals surface area (Å²) in [5, 5.41) is 47.8. The van der Waals surface area contributed by atoms with Gasteiger partial charge in [0.25, 0.3) is 11.8 Å². The minimum atomic E-state index is -1.68. The lowest BCUT2D eigenvalue weighted by atomic mass is 10.0. The van der Waals surface area contributed by atoms with Crippen LogP contribution in [0.3, 0.4) is 0 Å². The molecule has 2 N–H and O–H groups in total. The molecule has 6 aromatic rings. The lowest BCUT2D eigenvalue weighted by Gasteiger charge is -2.13. The van der Waals surface area contributed by atoms with Crippen LogP contribution in [0.5, 0.6) is 0 Å². The van der Waals surface area contributed by atoms with E-state index < -0.39 is 29.0 Å². The lowest BCUT2D eigenvalue weighted by Crippen LogP contribution is -2.37. The standard InChI is InChI=1S/C24H20N4O4.C17H12BrN3O2.C7H9NO2/c1-27-13-11-24(31,23(27)30)10-8-16-4-3-5-18(14-16)28-20-7-6-17(9-12-25)15-19(20)21(26-28)22(29)32-2;1-23-17(22)16-14-9-11(7-8-19)5-6-15(14)21(20-16)13-4-2-3-12(18)10-13;1-3-7(10)4-5-8(2)6(7)9/h3-7,14-15,31H,9,11,13H2,1-2H3;2-6,9-10H,7H2,1H3;1,10H,4-5H2,2H3/t24-;;7-/m0.0/s1. The summed E-state index contributed by atoms with van der Waals surface area (Å²) in [6, 6.07) is 29.9. The maximum absolute atomic E-state index is 12.3. The Balaban J connectivity index is 0.000000184. The van der Waals surface area contributed by atoms with E-state index in [0.717, 1.165) is 26.8 Å². The summed E-state index contributed by atoms with van der Waals surface area (Å²) in [6.45, 7) is 0.993. The lowest BCUT2D eigenvalue weighted by molar-refractivity contribution is -0.138. The van der Waals surface area contributed by atoms with Gasteiger partial charge >= 0.3 is 11.9 Å². The van der Waals surface area contributed by atoms with Crippen LogP contribution >= 0.6 is 15.9 Å². The number of likely N-dealkylation sites (N-methyl/N-ethyl adjacent to an activating group) is 2. The van der Waals surface area contributed by atoms with Crippen molar-refractivity contribution in [3.63, 3.8) is 0 Å². The van der Waals surface area contributed by atoms with Crippen molar-refractivity contribution in [3.8, 4) is 47.7 Å². The second-order valence-electron chi connectivity index (χ2n) is 15.0. The van der Waals surface area contributed by atoms with Crippen LogP contribution in [0.1, 0.15) is 50.5 Å². The minimum Gasteiger partial charge on any atom is -0.464 e. The molecule has 2 aromatic heterocycles. The van der Waals surface area contributed by atoms with Crippen LogP contribution in [0, 0.1) is 46.8 Å². The molecule has 2 saturated heterocycles. The Morgan fingerprint density at radius 1 is 0.738 bits per heavy atom. The molecule has 65 heavy (non-hydrogen) atoms. The highest BCUT2D eigenvalue weighted by molar-refractivity contribution is 9.10. The number of amides is 2. The molecule has 0 spiro atoms. The summed E-state index contributed by atoms with van der Waals surface area (Å²) in [5.74, 6) is 5.82. The first-order chi connectivity index (χ1) is 31.1. The van der Waals surface area contributed by atoms with Crippen LogP contribution in [0.4, 0.5) is 0 Å². The highest BCUT2D eigenvalue weighted by Crippen LogP contribution is 2.28. The number of fused-ring (bicyclic) bond motifs is 2. The number of nitriles is 2. The number of likely N-dealkylation sites (tertiary alicyclic amines) is 2. The zero-order valence-electron chi connectivity index (χ0n) is 35.7. The number of rotatable bonds is 6. The van der Waals surface area contributed by atoms with Crippen molar-refractivity contribution in [2.45, 2.75) is 36.9 Å². The van der Waals surface area contributed by atoms with Crippen molar-refractivity contribution in [2.75, 3.05) is 41.4 Å². The largest absolute Gasteiger partial charge is 0.464 e. The Morgan fingerprint density at radius 2 is 1.22 bits per heavy atom. The molecule has 17 heteroatoms. The number of aliphatic hydroxyl groups is 2. The molecule has 16 nitrogen and oxygen atoms in total. The second kappa shape index (κ2) is 19.7. The molecule has 2 amide bonds. The summed E-state index contributed by atoms with van der Waals surface area (Å²) in [7, 11) is 5.87. The Bertz CT molecular complexity index is 3060. The maximum Gasteiger partial charge on any atom is 0.359 e. The number of nitrogens with zero attached hydrogens (tertiary/aromatic N) is 8. The molecule has 328 valence electrons. The second-order valence-corrected chi connectivity index (χ2v) is 15.9. The molecule has 4 aromatic carbocycles. The number of carbonyl (C=O) groups excluding carboxylic acids is 4. The van der Waals surface area contributed by atoms with E-state index >= 15 is 0 Å². The predicted molar refractivity (Wildman–Crippen MR) is 241 cm³/mol. The van der Waals surface area contributed by atoms with Gasteiger partial charge in [0, 0.05) is 60.8 Å². The summed E-state index contributed by atoms with van der Waals surface area (Å²) in [5.41, 5.74) is 2.29. The molecule has 2 atom stereocenters. The molecule has 8 rings (SSSR count). The van der Waals surface area contributed by atoms with Crippen molar-refractivity contribution in [3.05, 3.63) is 117 Å². The number of esters is 2. The van der Waals surface area contributed by atoms with Crippen molar-refractivity contribution in [2.24, 2.45) is 0 Å². The van der Waals surface area contributed by atoms with E-state index in [-0.39, 0.29) is 36.6 Å². The Labute approximate surface area is 382 Å². The van der Waals surface area contributed by atoms with Gasteiger partial charge in [-0.05, 0) is 71.8 Å². The molecular weight excluding hydrogens is 896 g/mol. The number of hydrogen-bond donors (Lipinski definition) is 2. The molecule has 2 aliphatic rings. The van der Waals surface area contributed by atoms with Crippen molar-refractivity contribution in [1.82, 2.24) is 29.4 Å². The van der Waals surface area contributed by atoms with Gasteiger partial charge in [-0.2, -0.15) is 20.7 Å². The van der Waals surface area contributed by atoms with Crippen molar-refractivity contribution in [1.29, 1.82) is 10.5 Å². The van der Waals surface area contributed by atoms with E-state index in [2.05, 4.69) is 56.0 Å². The Kier molecular flexibility index (Phi) is 14.2. The predicted octanol–water partition coefficient (Wildman–Crippen LogP) is 4.68. The first-order valence-corrected chi connectivity index (χ1v) is 20.7. The number of hydrogen-bond acceptors (Lipinski definition) is 12. The number of benzene rings is 4. The topological polar surface area (TPSA) is 217 Å². The first kappa shape index (κ1) is 46.7. The molecule has 0 radical (unpaired) electrons. The Morgan fingerprint density at radius 3 is 1.63 bits per heavy atom. The third-order valence-electron chi connectivity index (χ3n) is 10.6. The van der Waals surface area contributed by atoms with E-state index in [4.69, 9.17) is 26.4 Å². The average molecular weight is 938 g/mol. The number of aromatic nitrogens is 4. The van der Waals surface area contributed by atoms with Crippen molar-refractivity contribution >= 4 is 61.5 Å². The first-order valence-electron chi connectivity index (χ1n) is 19.9. The van der Waals surface area contributed by atoms with Gasteiger partial charge in [-0.25, -0.2) is 19.0 Å². The average Bonchev–Trinajstić information content (AvgIpc) is 4.04. The minimum absolute atomic E-state index is 0.146. The van der Waals surface area contributed by atoms with Crippen LogP contribution in [0.2, 0.25) is 0 Å². The summed E-state index contributed by atoms with van der Waals surface area (Å²) < 4.78 is 13.9. The van der Waals surface area contributed by atoms with Gasteiger partial charge in [-0.1, -0.05) is 58.0 Å². The number of methoxy groups -OCH3 is 2. The van der Waals surface area contributed by atoms with E-state index in [0.29, 0.717) is 47.1 Å². The molecule has 2 fully saturated rings. The van der Waals surface area contributed by atoms with E-state index in [1.807, 2.05) is 54.6 Å². The number of halogens is 1. The van der Waals surface area contributed by atoms with Crippen LogP contribution in [0.25, 0.3) is 33.2 Å². The monoisotopic (exact) mass is 936 g/mol. The van der Waals surface area contributed by atoms with Gasteiger partial charge in [-0.3, -0.25) is 9.59 Å². The van der Waals surface area contributed by atoms with Crippen LogP contribution < -0.4 is 0 Å². The highest BCUT2D eigenvalue weighted by Gasteiger charge is 2.43. The van der Waals surface area contributed by atoms with E-state index in [9.17, 15) is 29.4 Å². The van der Waals surface area contributed by atoms with Crippen LogP contribution in [0.15, 0.2) is 89.4 Å². The normalized spacial score (nSPS) is 17.4. The van der Waals surface area contributed by atoms with Crippen molar-refractivity contribution < 1.29 is 38.9 Å². The number of terminal acetylenes is 1. The summed E-state index contributed by atoms with van der Waals surface area (Å²) in [4.78, 5) is 50.4. The fourth-order valence-corrected chi connectivity index (χ4v) is 7.46. The fourth-order valence-electron chi connectivity index (χ4n) is 7.08. The summed E-state index contributed by atoms with van der Waals surface area (Å²) in [6.07, 6.45) is 6.06. The molecule has 0 aliphatic carbocycles. The third kappa shape index (κ3) is 9.89. The van der Waals surface area contributed by atoms with Gasteiger partial charge in [0.15, 0.2) is 11.4 Å². The van der Waals surface area contributed by atoms with E-state index in [1.54, 1.807) is 53.8 Å². The van der Waals surface area contributed by atoms with Gasteiger partial charge in [0.1, 0.15) is 0 Å². The molecule has 4 heterocycles. The zero-order valence-corrected chi connectivity index (χ0v) is 37.3. The molecule has 0 unspecified atom stereocenters. The van der Waals surface area contributed by atoms with Gasteiger partial charge in [0.2, 0.25) is 11.2 Å². The Hall–Kier alpha value is -7.80. The summed E-state index contributed by atoms with van der Waals surface area (Å²) >= 11 is 3.44. The zero-order chi connectivity index (χ0) is 47.1. The SMILES string of the molecule is C#C[C@]1(O)CCN(C)C1=O.COC(=O)c1nn(-c2cccc(Br)c2)c2ccc(CC#N)cc12.COC(=O)c1nn(-c2cccc(C#C[C@]3(O)CCN(C)C3=O)c2)c2ccc(CC#N)cc12. The molecule has 2 aliphatic heterocycles. The molecule has 0 bridgehead atoms. The van der Waals surface area contributed by atoms with Crippen LogP contribution in [-0.2, 0) is 31.9 Å². The van der Waals surface area contributed by atoms with E-state index in [1.165, 1.54) is 24.0 Å². The molecule has 0 saturated carbocycles. The number of ether oxygens (including phenoxy) is 2. The molecular formula is C48H41BrN8O8. The highest BCUT2D eigenvalue weighted by atomic mass is 79.9. The van der Waals surface area contributed by atoms with Gasteiger partial charge < -0.3 is 29.5 Å². The smallest absolute Gasteiger partial charge is 0.359 e. The fraction of sp³-hybridized carbons (Fsp3) is 0.250. The quantitative estimate of drug-likeness (QED) is 0.172. The van der Waals surface area contributed by atoms with Crippen LogP contribution in [-0.4, -0.2) is 116 Å². The number of carbonyl (C=O) groups is 4. The van der Waals surface area contributed by atoms with Gasteiger partial charge in [0.05, 0.1) is 61.6 Å². The third-order valence-corrected chi connectivity index (χ3v) is 11.1.